The van der Waals surface area contributed by atoms with E-state index in [2.05, 4.69) is 173 Å². The van der Waals surface area contributed by atoms with Crippen LogP contribution in [0, 0.1) is 125 Å². The highest BCUT2D eigenvalue weighted by atomic mass is 19.4. The van der Waals surface area contributed by atoms with E-state index in [1.807, 2.05) is 69.2 Å². The Kier molecular flexibility index (Phi) is 63.5. The minimum atomic E-state index is -4.17. The zero-order valence-electron chi connectivity index (χ0n) is 91.9. The third-order valence-electron chi connectivity index (χ3n) is 34.6. The molecule has 766 valence electrons. The smallest absolute Gasteiger partial charge is 0.244 e. The van der Waals surface area contributed by atoms with Crippen molar-refractivity contribution < 1.29 is 74.6 Å². The van der Waals surface area contributed by atoms with Gasteiger partial charge >= 0.3 is 24.7 Å². The van der Waals surface area contributed by atoms with Crippen molar-refractivity contribution in [3.63, 3.8) is 0 Å². The molecular weight excluding hydrogens is 1620 g/mol. The van der Waals surface area contributed by atoms with Crippen LogP contribution in [0.1, 0.15) is 520 Å². The van der Waals surface area contributed by atoms with Crippen molar-refractivity contribution in [1.82, 2.24) is 0 Å². The average molecular weight is 1840 g/mol. The van der Waals surface area contributed by atoms with Gasteiger partial charge in [0.25, 0.3) is 0 Å². The Bertz CT molecular complexity index is 2500. The fourth-order valence-electron chi connectivity index (χ4n) is 20.3. The molecule has 0 aromatic heterocycles. The Morgan fingerprint density at radius 1 is 0.248 bits per heavy atom. The molecule has 2 fully saturated rings. The summed E-state index contributed by atoms with van der Waals surface area (Å²) >= 11 is 0. The van der Waals surface area contributed by atoms with Gasteiger partial charge in [-0.15, -0.1) is 0 Å². The molecule has 0 amide bonds. The van der Waals surface area contributed by atoms with Gasteiger partial charge in [0, 0.05) is 16.2 Å². The second kappa shape index (κ2) is 57.0. The van der Waals surface area contributed by atoms with E-state index in [0.717, 1.165) is 103 Å². The SMILES string of the molecule is CC(C)(C)C.CC(C)C(C(C)C)[C@@](C)(F)C(C)(C(C)C)C(C)C.CC(C)C(C)(C(C)C)C(F)(F)F.CC1(C)CCC(C)(F)CC1.CC1(F)CCCCC1.CCC(C)(CC)C(C)(C(F)(F)F)C(C)(CC)CC.CCC(C)(CC)C(C)(F)C(C)(CC)CC.CCC(C)(CC)C(F)(F)F.CCC(CC)C(C)(C(CC)CC)C(F)(F)F.CCC(CC)C(C)(F)C(CC)CC. The molecule has 0 aromatic carbocycles. The van der Waals surface area contributed by atoms with E-state index in [4.69, 9.17) is 0 Å². The molecule has 2 aliphatic rings. The molecule has 17 heteroatoms. The molecule has 0 nitrogen and oxygen atoms in total. The van der Waals surface area contributed by atoms with E-state index in [-0.39, 0.29) is 70.5 Å². The summed E-state index contributed by atoms with van der Waals surface area (Å²) in [5.74, 6) is 0.709. The Balaban J connectivity index is -0.000000206. The summed E-state index contributed by atoms with van der Waals surface area (Å²) in [4.78, 5) is 0. The maximum atomic E-state index is 15.8. The maximum Gasteiger partial charge on any atom is 0.395 e. The molecule has 0 heterocycles. The summed E-state index contributed by atoms with van der Waals surface area (Å²) in [7, 11) is 0. The van der Waals surface area contributed by atoms with E-state index in [9.17, 15) is 65.9 Å². The van der Waals surface area contributed by atoms with Crippen molar-refractivity contribution in [2.24, 2.45) is 125 Å². The minimum absolute atomic E-state index is 0.104. The molecule has 0 N–H and O–H groups in total. The van der Waals surface area contributed by atoms with E-state index in [0.29, 0.717) is 85.9 Å². The van der Waals surface area contributed by atoms with E-state index in [1.54, 1.807) is 76.2 Å². The second-order valence-corrected chi connectivity index (χ2v) is 45.8. The van der Waals surface area contributed by atoms with Gasteiger partial charge in [-0.05, 0) is 231 Å². The first-order chi connectivity index (χ1) is 55.6. The highest BCUT2D eigenvalue weighted by molar-refractivity contribution is 5.07. The van der Waals surface area contributed by atoms with E-state index >= 15 is 8.78 Å². The van der Waals surface area contributed by atoms with Crippen LogP contribution in [0.25, 0.3) is 0 Å². The molecule has 0 bridgehead atoms. The van der Waals surface area contributed by atoms with Gasteiger partial charge in [0.15, 0.2) is 0 Å². The van der Waals surface area contributed by atoms with Crippen molar-refractivity contribution in [1.29, 1.82) is 0 Å². The summed E-state index contributed by atoms with van der Waals surface area (Å²) < 4.78 is 227. The molecule has 2 saturated carbocycles. The molecule has 2 aliphatic carbocycles. The average Bonchev–Trinajstić information content (AvgIpc) is 0.719. The third-order valence-corrected chi connectivity index (χ3v) is 34.6. The molecule has 0 radical (unpaired) electrons. The zero-order chi connectivity index (χ0) is 102. The lowest BCUT2D eigenvalue weighted by Gasteiger charge is -2.57. The molecule has 1 atom stereocenters. The zero-order valence-corrected chi connectivity index (χ0v) is 91.9. The first kappa shape index (κ1) is 139. The van der Waals surface area contributed by atoms with Crippen LogP contribution in [0.4, 0.5) is 74.6 Å². The van der Waals surface area contributed by atoms with E-state index in [1.165, 1.54) is 34.1 Å². The third kappa shape index (κ3) is 40.0. The monoisotopic (exact) mass is 1840 g/mol. The molecule has 0 unspecified atom stereocenters. The highest BCUT2D eigenvalue weighted by Crippen LogP contribution is 2.66. The van der Waals surface area contributed by atoms with Crippen LogP contribution in [0.3, 0.4) is 0 Å². The quantitative estimate of drug-likeness (QED) is 0.0564. The molecule has 0 aliphatic heterocycles. The Hall–Kier alpha value is -1.19. The van der Waals surface area contributed by atoms with Gasteiger partial charge in [-0.25, -0.2) is 22.0 Å². The van der Waals surface area contributed by atoms with Gasteiger partial charge in [-0.3, -0.25) is 0 Å². The number of halogens is 17. The molecule has 0 aromatic rings. The first-order valence-corrected chi connectivity index (χ1v) is 50.3. The van der Waals surface area contributed by atoms with Gasteiger partial charge in [0.2, 0.25) is 0 Å². The predicted molar refractivity (Wildman–Crippen MR) is 517 cm³/mol. The van der Waals surface area contributed by atoms with E-state index < -0.39 is 85.5 Å². The normalized spacial score (nSPS) is 16.7. The Labute approximate surface area is 768 Å². The van der Waals surface area contributed by atoms with Gasteiger partial charge in [0.05, 0.1) is 21.7 Å². The predicted octanol–water partition coefficient (Wildman–Crippen LogP) is 42.8. The van der Waals surface area contributed by atoms with Gasteiger partial charge in [-0.1, -0.05) is 375 Å². The lowest BCUT2D eigenvalue weighted by atomic mass is 9.49. The van der Waals surface area contributed by atoms with Crippen LogP contribution < -0.4 is 0 Å². The van der Waals surface area contributed by atoms with Gasteiger partial charge in [-0.2, -0.15) is 52.7 Å². The second-order valence-electron chi connectivity index (χ2n) is 45.8. The summed E-state index contributed by atoms with van der Waals surface area (Å²) in [6.07, 6.45) is 4.54. The van der Waals surface area contributed by atoms with Crippen LogP contribution >= 0.6 is 0 Å². The Morgan fingerprint density at radius 3 is 0.592 bits per heavy atom. The minimum Gasteiger partial charge on any atom is -0.244 e. The fourth-order valence-corrected chi connectivity index (χ4v) is 20.3. The van der Waals surface area contributed by atoms with Crippen molar-refractivity contribution in [3.05, 3.63) is 0 Å². The summed E-state index contributed by atoms with van der Waals surface area (Å²) in [6.45, 7) is 96.0. The molecule has 0 saturated heterocycles. The lowest BCUT2D eigenvalue weighted by molar-refractivity contribution is -0.301. The van der Waals surface area contributed by atoms with Crippen molar-refractivity contribution >= 4 is 0 Å². The fraction of sp³-hybridized carbons (Fsp3) is 1.00. The largest absolute Gasteiger partial charge is 0.395 e. The summed E-state index contributed by atoms with van der Waals surface area (Å²) in [5, 5.41) is 0. The number of hydrogen-bond donors (Lipinski definition) is 0. The summed E-state index contributed by atoms with van der Waals surface area (Å²) in [5.41, 5.74) is -12.3. The highest BCUT2D eigenvalue weighted by Gasteiger charge is 2.67. The first-order valence-electron chi connectivity index (χ1n) is 50.3. The molecular formula is C108H215F17. The van der Waals surface area contributed by atoms with Crippen molar-refractivity contribution in [2.75, 3.05) is 0 Å². The topological polar surface area (TPSA) is 0 Å². The number of hydrogen-bond acceptors (Lipinski definition) is 0. The number of alkyl halides is 17. The number of rotatable bonds is 34. The lowest BCUT2D eigenvalue weighted by Crippen LogP contribution is -2.57. The molecule has 125 heavy (non-hydrogen) atoms. The molecule has 0 spiro atoms. The van der Waals surface area contributed by atoms with Crippen LogP contribution in [0.5, 0.6) is 0 Å². The van der Waals surface area contributed by atoms with Crippen LogP contribution in [0.15, 0.2) is 0 Å². The standard InChI is InChI=1S/C17H35F.C15H29F3.C14H29F.C13H25F3.C12H25F.C9H17F3.C9H17F.C7H13F3.C7H13F.C5H12/c1-11(2)15(12(3)4)17(10,18)16(9,13(5)6)14(7)8;1-8-12(5,9-2)14(7,15(16,17)18)13(6,10-3)11-4;1-8-12(5,9-2)14(7,15)13(6,10-3)11-4;1-6-10(7-2)12(5,13(14,15)16)11(8-3)9-4;1-6-10(7-2)12(5,13)11(8-3)9-4;1-6(2)8(5,7(3)4)9(10,11)12;1-8(2)4-6-9(3,10)7-5-8;1-4-6(3,5-2)7(8,9)10;1-7(8)5-3-2-4-6-7;1-5(2,3)4/h11-15H,1-10H3;8-11H2,1-7H3;8-11H2,1-7H3;10-11H,6-9H2,1-5H3;10-11H,6-9H2,1-5H3;6-7H,1-5H3;4-7H2,1-3H3;4-5H2,1-3H3;2-6H2,1H3;1-4H3/t17-;;;;;;;;;/m1........./s1. The van der Waals surface area contributed by atoms with Crippen LogP contribution in [-0.2, 0) is 0 Å². The molecule has 2 rings (SSSR count). The maximum absolute atomic E-state index is 15.8. The Morgan fingerprint density at radius 2 is 0.464 bits per heavy atom. The van der Waals surface area contributed by atoms with Crippen molar-refractivity contribution in [2.45, 2.75) is 573 Å². The van der Waals surface area contributed by atoms with Crippen LogP contribution in [0.2, 0.25) is 0 Å². The van der Waals surface area contributed by atoms with Gasteiger partial charge < -0.3 is 0 Å². The van der Waals surface area contributed by atoms with Crippen LogP contribution in [-0.4, -0.2) is 53.0 Å². The van der Waals surface area contributed by atoms with Gasteiger partial charge in [0.1, 0.15) is 28.3 Å². The van der Waals surface area contributed by atoms with Crippen molar-refractivity contribution in [3.8, 4) is 0 Å². The summed E-state index contributed by atoms with van der Waals surface area (Å²) in [6, 6.07) is 0.